The van der Waals surface area contributed by atoms with E-state index < -0.39 is 23.6 Å². The molecule has 0 aliphatic carbocycles. The predicted molar refractivity (Wildman–Crippen MR) is 146 cm³/mol. The predicted octanol–water partition coefficient (Wildman–Crippen LogP) is 4.60. The Morgan fingerprint density at radius 3 is 2.67 bits per heavy atom. The van der Waals surface area contributed by atoms with Crippen LogP contribution in [0.4, 0.5) is 9.18 Å². The number of halogens is 1. The van der Waals surface area contributed by atoms with Gasteiger partial charge in [0.15, 0.2) is 17.8 Å². The van der Waals surface area contributed by atoms with E-state index in [1.54, 1.807) is 40.1 Å². The largest absolute Gasteiger partial charge is 0.508 e. The third-order valence-corrected chi connectivity index (χ3v) is 9.08. The van der Waals surface area contributed by atoms with Crippen LogP contribution < -0.4 is 4.74 Å². The Balaban J connectivity index is 1.38. The molecule has 1 aromatic heterocycles. The molecule has 1 unspecified atom stereocenters. The van der Waals surface area contributed by atoms with Gasteiger partial charge in [0.25, 0.3) is 0 Å². The van der Waals surface area contributed by atoms with Crippen molar-refractivity contribution in [2.24, 2.45) is 5.92 Å². The molecule has 3 aliphatic heterocycles. The molecule has 0 spiro atoms. The maximum atomic E-state index is 15.6. The number of aliphatic hydroxyl groups is 1. The van der Waals surface area contributed by atoms with Crippen molar-refractivity contribution in [2.45, 2.75) is 57.3 Å². The van der Waals surface area contributed by atoms with Gasteiger partial charge in [-0.2, -0.15) is 0 Å². The molecule has 0 saturated carbocycles. The number of nitrogens with one attached hydrogen (secondary N) is 1. The number of fused-ring (bicyclic) bond motifs is 4. The smallest absolute Gasteiger partial charge is 0.323 e. The van der Waals surface area contributed by atoms with Crippen molar-refractivity contribution in [3.63, 3.8) is 0 Å². The summed E-state index contributed by atoms with van der Waals surface area (Å²) < 4.78 is 20.9. The molecule has 2 amide bonds. The Morgan fingerprint density at radius 2 is 1.95 bits per heavy atom. The molecule has 0 bridgehead atoms. The van der Waals surface area contributed by atoms with Crippen LogP contribution in [0.25, 0.3) is 10.9 Å². The summed E-state index contributed by atoms with van der Waals surface area (Å²) in [4.78, 5) is 23.1. The van der Waals surface area contributed by atoms with Crippen LogP contribution in [-0.2, 0) is 6.42 Å². The summed E-state index contributed by atoms with van der Waals surface area (Å²) in [6.07, 6.45) is 2.34. The van der Waals surface area contributed by atoms with E-state index in [0.29, 0.717) is 34.3 Å². The molecule has 8 nitrogen and oxygen atoms in total. The summed E-state index contributed by atoms with van der Waals surface area (Å²) in [7, 11) is 1.43. The quantitative estimate of drug-likeness (QED) is 0.428. The van der Waals surface area contributed by atoms with Gasteiger partial charge in [-0.1, -0.05) is 19.1 Å². The van der Waals surface area contributed by atoms with Crippen LogP contribution in [-0.4, -0.2) is 81.0 Å². The first-order chi connectivity index (χ1) is 18.7. The number of likely N-dealkylation sites (tertiary alicyclic amines) is 1. The van der Waals surface area contributed by atoms with Crippen molar-refractivity contribution in [1.82, 2.24) is 19.7 Å². The van der Waals surface area contributed by atoms with Crippen molar-refractivity contribution in [2.75, 3.05) is 33.3 Å². The molecule has 4 heterocycles. The normalized spacial score (nSPS) is 25.8. The molecule has 3 aliphatic rings. The van der Waals surface area contributed by atoms with Crippen LogP contribution in [0.15, 0.2) is 36.4 Å². The molecule has 0 radical (unpaired) electrons. The molecular formula is C30H37FN4O4. The molecule has 39 heavy (non-hydrogen) atoms. The number of ether oxygens (including phenoxy) is 1. The first-order valence-electron chi connectivity index (χ1n) is 13.9. The van der Waals surface area contributed by atoms with Crippen LogP contribution in [0.1, 0.15) is 56.0 Å². The van der Waals surface area contributed by atoms with E-state index in [0.717, 1.165) is 32.0 Å². The highest BCUT2D eigenvalue weighted by molar-refractivity contribution is 5.89. The van der Waals surface area contributed by atoms with Crippen LogP contribution in [0.5, 0.6) is 11.5 Å². The fourth-order valence-corrected chi connectivity index (χ4v) is 6.86. The minimum Gasteiger partial charge on any atom is -0.508 e. The lowest BCUT2D eigenvalue weighted by atomic mass is 9.80. The highest BCUT2D eigenvalue weighted by Gasteiger charge is 2.59. The molecule has 3 N–H and O–H groups in total. The number of aliphatic hydroxyl groups excluding tert-OH is 1. The van der Waals surface area contributed by atoms with Crippen molar-refractivity contribution >= 4 is 16.9 Å². The number of piperidine rings is 1. The highest BCUT2D eigenvalue weighted by atomic mass is 19.1. The van der Waals surface area contributed by atoms with E-state index in [1.165, 1.54) is 20.0 Å². The van der Waals surface area contributed by atoms with E-state index in [2.05, 4.69) is 16.8 Å². The van der Waals surface area contributed by atoms with Crippen LogP contribution in [0.3, 0.4) is 0 Å². The van der Waals surface area contributed by atoms with E-state index in [1.807, 2.05) is 13.0 Å². The number of carbonyl (C=O) groups is 1. The van der Waals surface area contributed by atoms with E-state index in [4.69, 9.17) is 4.74 Å². The number of urea groups is 1. The minimum absolute atomic E-state index is 0.0742. The Hall–Kier alpha value is -3.30. The fourth-order valence-electron chi connectivity index (χ4n) is 6.86. The summed E-state index contributed by atoms with van der Waals surface area (Å²) in [6, 6.07) is 9.25. The van der Waals surface area contributed by atoms with Gasteiger partial charge in [0.2, 0.25) is 0 Å². The summed E-state index contributed by atoms with van der Waals surface area (Å²) in [5.74, 6) is 0.505. The van der Waals surface area contributed by atoms with E-state index in [9.17, 15) is 15.0 Å². The van der Waals surface area contributed by atoms with Gasteiger partial charge < -0.3 is 29.7 Å². The number of H-pyrrole nitrogens is 1. The number of carbonyl (C=O) groups excluding carboxylic acids is 1. The monoisotopic (exact) mass is 536 g/mol. The molecule has 6 rings (SSSR count). The van der Waals surface area contributed by atoms with E-state index in [-0.39, 0.29) is 24.0 Å². The molecule has 2 saturated heterocycles. The number of rotatable bonds is 6. The molecule has 9 heteroatoms. The third-order valence-electron chi connectivity index (χ3n) is 9.08. The number of aromatic amines is 1. The third kappa shape index (κ3) is 4.14. The van der Waals surface area contributed by atoms with Gasteiger partial charge in [0, 0.05) is 29.6 Å². The number of amides is 2. The maximum Gasteiger partial charge on any atom is 0.323 e. The summed E-state index contributed by atoms with van der Waals surface area (Å²) >= 11 is 0. The standard InChI is InChI=1S/C30H37FN4O4/c1-18-10-14-33(15-11-18)12-5-13-34-28(37)30(2)17-21-24-22(8-9-23(39-3)25(24)31)32-26(21)27(35(30)29(34)38)19-6-4-7-20(36)16-19/h4,6-9,16,18,27-28,32,36-37H,5,10-15,17H2,1-3H3/t27-,28?,30+/m1/s1. The maximum absolute atomic E-state index is 15.6. The van der Waals surface area contributed by atoms with Crippen molar-refractivity contribution in [3.8, 4) is 11.5 Å². The van der Waals surface area contributed by atoms with Gasteiger partial charge in [-0.15, -0.1) is 0 Å². The SMILES string of the molecule is COc1ccc2[nH]c3c(c2c1F)C[C@@]1(C)C(O)N(CCCN2CCC(C)CC2)C(=O)N1[C@@H]3c1cccc(O)c1. The second-order valence-electron chi connectivity index (χ2n) is 11.7. The number of methoxy groups -OCH3 is 1. The van der Waals surface area contributed by atoms with Crippen LogP contribution in [0.2, 0.25) is 0 Å². The van der Waals surface area contributed by atoms with Crippen molar-refractivity contribution in [3.05, 3.63) is 59.0 Å². The van der Waals surface area contributed by atoms with E-state index >= 15 is 4.39 Å². The zero-order chi connectivity index (χ0) is 27.5. The first-order valence-corrected chi connectivity index (χ1v) is 13.9. The van der Waals surface area contributed by atoms with Gasteiger partial charge in [0.1, 0.15) is 11.8 Å². The first kappa shape index (κ1) is 26.0. The van der Waals surface area contributed by atoms with Crippen LogP contribution in [0, 0.1) is 11.7 Å². The molecular weight excluding hydrogens is 499 g/mol. The highest BCUT2D eigenvalue weighted by Crippen LogP contribution is 2.51. The van der Waals surface area contributed by atoms with Gasteiger partial charge in [-0.05, 0) is 87.1 Å². The molecule has 2 aromatic carbocycles. The lowest BCUT2D eigenvalue weighted by Crippen LogP contribution is -2.55. The lowest BCUT2D eigenvalue weighted by molar-refractivity contribution is -0.0252. The Kier molecular flexibility index (Phi) is 6.46. The number of hydrogen-bond acceptors (Lipinski definition) is 5. The number of aromatic hydroxyl groups is 1. The van der Waals surface area contributed by atoms with Gasteiger partial charge in [0.05, 0.1) is 12.6 Å². The number of aromatic nitrogens is 1. The average Bonchev–Trinajstić information content (AvgIpc) is 3.37. The van der Waals surface area contributed by atoms with Gasteiger partial charge in [-0.25, -0.2) is 9.18 Å². The fraction of sp³-hybridized carbons (Fsp3) is 0.500. The van der Waals surface area contributed by atoms with Gasteiger partial charge in [-0.3, -0.25) is 4.90 Å². The zero-order valence-corrected chi connectivity index (χ0v) is 22.8. The number of hydrogen-bond donors (Lipinski definition) is 3. The summed E-state index contributed by atoms with van der Waals surface area (Å²) in [6.45, 7) is 7.61. The lowest BCUT2D eigenvalue weighted by Gasteiger charge is -2.44. The topological polar surface area (TPSA) is 92.3 Å². The summed E-state index contributed by atoms with van der Waals surface area (Å²) in [5.41, 5.74) is 1.68. The molecule has 3 atom stereocenters. The molecule has 3 aromatic rings. The summed E-state index contributed by atoms with van der Waals surface area (Å²) in [5, 5.41) is 22.4. The average molecular weight is 537 g/mol. The van der Waals surface area contributed by atoms with Crippen molar-refractivity contribution < 1.29 is 24.1 Å². The van der Waals surface area contributed by atoms with Gasteiger partial charge >= 0.3 is 6.03 Å². The zero-order valence-electron chi connectivity index (χ0n) is 22.8. The Bertz CT molecular complexity index is 1400. The van der Waals surface area contributed by atoms with Crippen molar-refractivity contribution in [1.29, 1.82) is 0 Å². The molecule has 2 fully saturated rings. The second kappa shape index (κ2) is 9.71. The number of nitrogens with zero attached hydrogens (tertiary/aromatic N) is 3. The molecule has 208 valence electrons. The number of phenolic OH excluding ortho intramolecular Hbond substituents is 1. The second-order valence-corrected chi connectivity index (χ2v) is 11.7. The Morgan fingerprint density at radius 1 is 1.18 bits per heavy atom. The Labute approximate surface area is 228 Å². The minimum atomic E-state index is -1.07. The number of benzene rings is 2. The van der Waals surface area contributed by atoms with Crippen LogP contribution >= 0.6 is 0 Å². The number of phenols is 1.